The maximum absolute atomic E-state index is 11.7. The van der Waals surface area contributed by atoms with Crippen molar-refractivity contribution in [1.82, 2.24) is 14.9 Å². The highest BCUT2D eigenvalue weighted by molar-refractivity contribution is 7.80. The predicted octanol–water partition coefficient (Wildman–Crippen LogP) is 6.07. The van der Waals surface area contributed by atoms with Crippen LogP contribution in [0.4, 0.5) is 5.69 Å². The Balaban J connectivity index is 1.40. The minimum Gasteiger partial charge on any atom is -0.490 e. The van der Waals surface area contributed by atoms with Crippen molar-refractivity contribution in [2.45, 2.75) is 43.9 Å². The van der Waals surface area contributed by atoms with E-state index in [9.17, 15) is 9.90 Å². The van der Waals surface area contributed by atoms with E-state index >= 15 is 0 Å². The van der Waals surface area contributed by atoms with Gasteiger partial charge in [-0.05, 0) is 105 Å². The van der Waals surface area contributed by atoms with Gasteiger partial charge in [-0.2, -0.15) is 0 Å². The molecule has 0 unspecified atom stereocenters. The number of benzene rings is 2. The Morgan fingerprint density at radius 3 is 2.53 bits per heavy atom. The van der Waals surface area contributed by atoms with Gasteiger partial charge in [0.1, 0.15) is 11.8 Å². The summed E-state index contributed by atoms with van der Waals surface area (Å²) in [6.45, 7) is 0. The number of pyridine rings is 1. The minimum absolute atomic E-state index is 0.213. The lowest BCUT2D eigenvalue weighted by Crippen LogP contribution is -2.30. The summed E-state index contributed by atoms with van der Waals surface area (Å²) in [6, 6.07) is 24.5. The lowest BCUT2D eigenvalue weighted by atomic mass is 10.0. The zero-order chi connectivity index (χ0) is 26.1. The molecule has 0 amide bonds. The van der Waals surface area contributed by atoms with Crippen molar-refractivity contribution in [3.63, 3.8) is 0 Å². The van der Waals surface area contributed by atoms with Crippen LogP contribution in [0.2, 0.25) is 0 Å². The SMILES string of the molecule is O=C(O)c1cccc(-n2cccc2[C@H]2[C@@H](c3ccccn3)NC(=S)N2c2ccc(OC3CCCC3)cc2)c1. The van der Waals surface area contributed by atoms with E-state index in [-0.39, 0.29) is 17.6 Å². The third-order valence-corrected chi connectivity index (χ3v) is 7.59. The molecule has 192 valence electrons. The van der Waals surface area contributed by atoms with Crippen molar-refractivity contribution in [3.8, 4) is 11.4 Å². The number of aromatic carboxylic acids is 1. The molecule has 2 atom stereocenters. The topological polar surface area (TPSA) is 79.6 Å². The molecule has 1 aliphatic heterocycles. The number of carboxylic acids is 1. The summed E-state index contributed by atoms with van der Waals surface area (Å²) in [4.78, 5) is 18.4. The Hall–Kier alpha value is -4.17. The summed E-state index contributed by atoms with van der Waals surface area (Å²) >= 11 is 5.88. The largest absolute Gasteiger partial charge is 0.490 e. The predicted molar refractivity (Wildman–Crippen MR) is 150 cm³/mol. The summed E-state index contributed by atoms with van der Waals surface area (Å²) in [7, 11) is 0. The van der Waals surface area contributed by atoms with Gasteiger partial charge in [-0.25, -0.2) is 4.79 Å². The molecule has 7 nitrogen and oxygen atoms in total. The Morgan fingerprint density at radius 2 is 1.79 bits per heavy atom. The first-order chi connectivity index (χ1) is 18.6. The summed E-state index contributed by atoms with van der Waals surface area (Å²) in [6.07, 6.45) is 8.69. The molecule has 2 aromatic heterocycles. The first-order valence-electron chi connectivity index (χ1n) is 12.9. The van der Waals surface area contributed by atoms with Crippen LogP contribution in [0.1, 0.15) is 59.5 Å². The maximum Gasteiger partial charge on any atom is 0.335 e. The number of hydrogen-bond acceptors (Lipinski definition) is 4. The molecule has 2 fully saturated rings. The average molecular weight is 525 g/mol. The molecule has 1 saturated heterocycles. The van der Waals surface area contributed by atoms with Crippen molar-refractivity contribution in [1.29, 1.82) is 0 Å². The number of anilines is 1. The van der Waals surface area contributed by atoms with E-state index in [1.165, 1.54) is 12.8 Å². The molecule has 8 heteroatoms. The van der Waals surface area contributed by atoms with Gasteiger partial charge >= 0.3 is 5.97 Å². The standard InChI is InChI=1S/C30H28N4O3S/c35-29(36)20-7-5-8-22(19-20)33-18-6-12-26(33)28-27(25-11-3-4-17-31-25)32-30(38)34(28)21-13-15-24(16-14-21)37-23-9-1-2-10-23/h3-8,11-19,23,27-28H,1-2,9-10H2,(H,32,38)(H,35,36)/t27-,28+/m1/s1. The van der Waals surface area contributed by atoms with Crippen molar-refractivity contribution in [2.24, 2.45) is 0 Å². The second kappa shape index (κ2) is 10.3. The second-order valence-electron chi connectivity index (χ2n) is 9.67. The van der Waals surface area contributed by atoms with Crippen molar-refractivity contribution in [2.75, 3.05) is 4.90 Å². The molecule has 2 N–H and O–H groups in total. The first-order valence-corrected chi connectivity index (χ1v) is 13.3. The molecule has 3 heterocycles. The molecule has 2 aliphatic rings. The molecule has 1 saturated carbocycles. The second-order valence-corrected chi connectivity index (χ2v) is 10.1. The normalized spacial score (nSPS) is 19.5. The van der Waals surface area contributed by atoms with Crippen molar-refractivity contribution >= 4 is 29.0 Å². The van der Waals surface area contributed by atoms with E-state index in [1.54, 1.807) is 24.4 Å². The number of rotatable bonds is 7. The van der Waals surface area contributed by atoms with Crippen LogP contribution in [-0.2, 0) is 0 Å². The van der Waals surface area contributed by atoms with Gasteiger partial charge in [0.15, 0.2) is 5.11 Å². The van der Waals surface area contributed by atoms with Gasteiger partial charge in [0.2, 0.25) is 0 Å². The fourth-order valence-electron chi connectivity index (χ4n) is 5.48. The fraction of sp³-hybridized carbons (Fsp3) is 0.233. The highest BCUT2D eigenvalue weighted by atomic mass is 32.1. The van der Waals surface area contributed by atoms with Gasteiger partial charge in [0, 0.05) is 29.5 Å². The van der Waals surface area contributed by atoms with E-state index in [2.05, 4.69) is 15.2 Å². The van der Waals surface area contributed by atoms with Gasteiger partial charge in [-0.3, -0.25) is 4.98 Å². The molecule has 6 rings (SSSR count). The Labute approximate surface area is 226 Å². The van der Waals surface area contributed by atoms with E-state index in [0.29, 0.717) is 11.2 Å². The van der Waals surface area contributed by atoms with E-state index in [4.69, 9.17) is 17.0 Å². The average Bonchev–Trinajstić information content (AvgIpc) is 3.70. The molecule has 0 radical (unpaired) electrons. The number of thiocarbonyl (C=S) groups is 1. The molecule has 0 bridgehead atoms. The minimum atomic E-state index is -0.961. The number of aromatic nitrogens is 2. The maximum atomic E-state index is 11.7. The van der Waals surface area contributed by atoms with Crippen molar-refractivity contribution in [3.05, 3.63) is 108 Å². The monoisotopic (exact) mass is 524 g/mol. The Bertz CT molecular complexity index is 1450. The van der Waals surface area contributed by atoms with Crippen LogP contribution >= 0.6 is 12.2 Å². The highest BCUT2D eigenvalue weighted by Crippen LogP contribution is 2.42. The van der Waals surface area contributed by atoms with Crippen LogP contribution in [0, 0.1) is 0 Å². The molecular formula is C30H28N4O3S. The van der Waals surface area contributed by atoms with Crippen LogP contribution < -0.4 is 15.0 Å². The lowest BCUT2D eigenvalue weighted by Gasteiger charge is -2.29. The lowest BCUT2D eigenvalue weighted by molar-refractivity contribution is 0.0697. The van der Waals surface area contributed by atoms with Crippen LogP contribution in [0.5, 0.6) is 5.75 Å². The molecule has 2 aromatic carbocycles. The number of hydrogen-bond donors (Lipinski definition) is 2. The molecule has 0 spiro atoms. The first kappa shape index (κ1) is 24.2. The van der Waals surface area contributed by atoms with Crippen LogP contribution in [-0.4, -0.2) is 31.8 Å². The zero-order valence-electron chi connectivity index (χ0n) is 20.7. The fourth-order valence-corrected chi connectivity index (χ4v) is 5.82. The van der Waals surface area contributed by atoms with Crippen molar-refractivity contribution < 1.29 is 14.6 Å². The summed E-state index contributed by atoms with van der Waals surface area (Å²) < 4.78 is 8.21. The Morgan fingerprint density at radius 1 is 0.974 bits per heavy atom. The summed E-state index contributed by atoms with van der Waals surface area (Å²) in [5.74, 6) is -0.0948. The van der Waals surface area contributed by atoms with Crippen LogP contribution in [0.3, 0.4) is 0 Å². The number of ether oxygens (including phenoxy) is 1. The van der Waals surface area contributed by atoms with E-state index in [1.807, 2.05) is 71.4 Å². The third kappa shape index (κ3) is 4.63. The number of carboxylic acid groups (broad SMARTS) is 1. The number of carbonyl (C=O) groups is 1. The van der Waals surface area contributed by atoms with Gasteiger partial charge in [0.05, 0.1) is 23.4 Å². The van der Waals surface area contributed by atoms with E-state index in [0.717, 1.165) is 41.4 Å². The molecule has 38 heavy (non-hydrogen) atoms. The molecule has 4 aromatic rings. The quantitative estimate of drug-likeness (QED) is 0.284. The smallest absolute Gasteiger partial charge is 0.335 e. The van der Waals surface area contributed by atoms with E-state index < -0.39 is 5.97 Å². The van der Waals surface area contributed by atoms with Gasteiger partial charge in [-0.15, -0.1) is 0 Å². The highest BCUT2D eigenvalue weighted by Gasteiger charge is 2.42. The molecule has 1 aliphatic carbocycles. The van der Waals surface area contributed by atoms with Crippen LogP contribution in [0.25, 0.3) is 5.69 Å². The van der Waals surface area contributed by atoms with Gasteiger partial charge in [0.25, 0.3) is 0 Å². The van der Waals surface area contributed by atoms with Gasteiger partial charge in [-0.1, -0.05) is 12.1 Å². The summed E-state index contributed by atoms with van der Waals surface area (Å²) in [5.41, 5.74) is 3.77. The number of nitrogens with one attached hydrogen (secondary N) is 1. The third-order valence-electron chi connectivity index (χ3n) is 7.27. The summed E-state index contributed by atoms with van der Waals surface area (Å²) in [5, 5.41) is 13.6. The Kier molecular flexibility index (Phi) is 6.55. The molecular weight excluding hydrogens is 496 g/mol. The number of nitrogens with zero attached hydrogens (tertiary/aromatic N) is 3. The zero-order valence-corrected chi connectivity index (χ0v) is 21.6. The van der Waals surface area contributed by atoms with Crippen LogP contribution in [0.15, 0.2) is 91.3 Å². The van der Waals surface area contributed by atoms with Gasteiger partial charge < -0.3 is 24.6 Å².